The number of guanidine groups is 1. The highest BCUT2D eigenvalue weighted by atomic mass is 16.2. The van der Waals surface area contributed by atoms with E-state index >= 15 is 0 Å². The number of amides is 1. The molecule has 2 unspecified atom stereocenters. The molecule has 80 valence electrons. The minimum Gasteiger partial charge on any atom is -0.370 e. The van der Waals surface area contributed by atoms with Gasteiger partial charge in [-0.25, -0.2) is 4.99 Å². The Hall–Kier alpha value is -1.72. The average Bonchev–Trinajstić information content (AvgIpc) is 2.16. The molecule has 2 heterocycles. The summed E-state index contributed by atoms with van der Waals surface area (Å²) < 4.78 is 0. The summed E-state index contributed by atoms with van der Waals surface area (Å²) in [6.45, 7) is 4.01. The van der Waals surface area contributed by atoms with Crippen LogP contribution >= 0.6 is 0 Å². The van der Waals surface area contributed by atoms with Crippen LogP contribution in [0.15, 0.2) is 15.0 Å². The monoisotopic (exact) mass is 207 g/mol. The summed E-state index contributed by atoms with van der Waals surface area (Å²) in [5.74, 6) is 0.134. The zero-order chi connectivity index (χ0) is 11.0. The molecule has 0 saturated heterocycles. The van der Waals surface area contributed by atoms with E-state index < -0.39 is 12.2 Å². The first kappa shape index (κ1) is 9.82. The summed E-state index contributed by atoms with van der Waals surface area (Å²) in [6.07, 6.45) is 1.18. The second kappa shape index (κ2) is 3.45. The lowest BCUT2D eigenvalue weighted by molar-refractivity contribution is -0.121. The van der Waals surface area contributed by atoms with Gasteiger partial charge in [-0.2, -0.15) is 0 Å². The standard InChI is InChI=1S/C9H13N5O/c1-4(2)5-3-11-7-6(12-5)8(15)14-9(10)13-7/h3-4,6-7H,1-2H3,(H3,10,13,14,15). The van der Waals surface area contributed by atoms with Crippen LogP contribution in [0, 0.1) is 5.92 Å². The number of hydrogen-bond donors (Lipinski definition) is 2. The van der Waals surface area contributed by atoms with Crippen LogP contribution in [0.1, 0.15) is 13.8 Å². The van der Waals surface area contributed by atoms with Crippen LogP contribution in [-0.4, -0.2) is 36.0 Å². The van der Waals surface area contributed by atoms with E-state index in [2.05, 4.69) is 20.3 Å². The predicted molar refractivity (Wildman–Crippen MR) is 58.1 cm³/mol. The van der Waals surface area contributed by atoms with Crippen molar-refractivity contribution in [1.82, 2.24) is 5.32 Å². The van der Waals surface area contributed by atoms with Gasteiger partial charge in [0.15, 0.2) is 18.2 Å². The molecule has 15 heavy (non-hydrogen) atoms. The van der Waals surface area contributed by atoms with Gasteiger partial charge < -0.3 is 5.73 Å². The number of nitrogens with two attached hydrogens (primary N) is 1. The summed E-state index contributed by atoms with van der Waals surface area (Å²) in [7, 11) is 0. The van der Waals surface area contributed by atoms with Crippen molar-refractivity contribution < 1.29 is 4.79 Å². The van der Waals surface area contributed by atoms with E-state index in [1.807, 2.05) is 13.8 Å². The van der Waals surface area contributed by atoms with Crippen molar-refractivity contribution in [2.24, 2.45) is 26.6 Å². The van der Waals surface area contributed by atoms with Gasteiger partial charge in [-0.3, -0.25) is 20.1 Å². The van der Waals surface area contributed by atoms with E-state index in [-0.39, 0.29) is 17.8 Å². The fourth-order valence-electron chi connectivity index (χ4n) is 1.47. The molecule has 2 aliphatic heterocycles. The zero-order valence-electron chi connectivity index (χ0n) is 8.64. The quantitative estimate of drug-likeness (QED) is 0.595. The van der Waals surface area contributed by atoms with Gasteiger partial charge in [0.05, 0.1) is 5.71 Å². The molecule has 3 N–H and O–H groups in total. The lowest BCUT2D eigenvalue weighted by Crippen LogP contribution is -2.52. The Morgan fingerprint density at radius 2 is 2.20 bits per heavy atom. The van der Waals surface area contributed by atoms with Crippen LogP contribution in [0.2, 0.25) is 0 Å². The van der Waals surface area contributed by atoms with Crippen LogP contribution in [0.5, 0.6) is 0 Å². The van der Waals surface area contributed by atoms with E-state index in [4.69, 9.17) is 5.73 Å². The van der Waals surface area contributed by atoms with Crippen LogP contribution < -0.4 is 11.1 Å². The Labute approximate surface area is 87.4 Å². The van der Waals surface area contributed by atoms with E-state index in [0.29, 0.717) is 0 Å². The molecule has 2 aliphatic rings. The summed E-state index contributed by atoms with van der Waals surface area (Å²) in [5.41, 5.74) is 6.24. The number of nitrogens with zero attached hydrogens (tertiary/aromatic N) is 3. The first-order valence-corrected chi connectivity index (χ1v) is 4.83. The molecule has 0 radical (unpaired) electrons. The van der Waals surface area contributed by atoms with E-state index in [9.17, 15) is 4.79 Å². The number of fused-ring (bicyclic) bond motifs is 1. The molecule has 0 aromatic heterocycles. The molecule has 2 rings (SSSR count). The van der Waals surface area contributed by atoms with Crippen molar-refractivity contribution >= 4 is 23.8 Å². The lowest BCUT2D eigenvalue weighted by atomic mass is 10.1. The van der Waals surface area contributed by atoms with Crippen LogP contribution in [0.3, 0.4) is 0 Å². The maximum Gasteiger partial charge on any atom is 0.255 e. The van der Waals surface area contributed by atoms with Gasteiger partial charge in [0, 0.05) is 6.21 Å². The highest BCUT2D eigenvalue weighted by Gasteiger charge is 2.34. The Kier molecular flexibility index (Phi) is 2.26. The average molecular weight is 207 g/mol. The third-order valence-electron chi connectivity index (χ3n) is 2.31. The van der Waals surface area contributed by atoms with Crippen LogP contribution in [0.4, 0.5) is 0 Å². The fourth-order valence-corrected chi connectivity index (χ4v) is 1.47. The summed E-state index contributed by atoms with van der Waals surface area (Å²) in [6, 6.07) is -0.556. The molecule has 6 nitrogen and oxygen atoms in total. The molecular weight excluding hydrogens is 194 g/mol. The first-order valence-electron chi connectivity index (χ1n) is 4.83. The third kappa shape index (κ3) is 1.74. The lowest BCUT2D eigenvalue weighted by Gasteiger charge is -2.26. The number of rotatable bonds is 1. The van der Waals surface area contributed by atoms with Gasteiger partial charge in [-0.05, 0) is 5.92 Å². The van der Waals surface area contributed by atoms with E-state index in [1.54, 1.807) is 6.21 Å². The Morgan fingerprint density at radius 3 is 2.87 bits per heavy atom. The van der Waals surface area contributed by atoms with E-state index in [0.717, 1.165) is 5.71 Å². The summed E-state index contributed by atoms with van der Waals surface area (Å²) in [5, 5.41) is 2.45. The summed E-state index contributed by atoms with van der Waals surface area (Å²) in [4.78, 5) is 24.0. The van der Waals surface area contributed by atoms with Gasteiger partial charge in [0.25, 0.3) is 5.91 Å². The molecule has 1 amide bonds. The zero-order valence-corrected chi connectivity index (χ0v) is 8.64. The van der Waals surface area contributed by atoms with Crippen LogP contribution in [0.25, 0.3) is 0 Å². The second-order valence-electron chi connectivity index (χ2n) is 3.85. The van der Waals surface area contributed by atoms with Gasteiger partial charge in [-0.15, -0.1) is 0 Å². The number of aliphatic imine (C=N–C) groups is 3. The van der Waals surface area contributed by atoms with Gasteiger partial charge >= 0.3 is 0 Å². The van der Waals surface area contributed by atoms with Crippen molar-refractivity contribution in [3.8, 4) is 0 Å². The number of carbonyl (C=O) groups is 1. The molecule has 0 bridgehead atoms. The molecule has 0 spiro atoms. The number of hydrogen-bond acceptors (Lipinski definition) is 5. The minimum atomic E-state index is -0.556. The highest BCUT2D eigenvalue weighted by Crippen LogP contribution is 2.15. The maximum absolute atomic E-state index is 11.6. The minimum absolute atomic E-state index is 0.113. The van der Waals surface area contributed by atoms with Crippen molar-refractivity contribution in [3.63, 3.8) is 0 Å². The van der Waals surface area contributed by atoms with Gasteiger partial charge in [0.1, 0.15) is 0 Å². The maximum atomic E-state index is 11.6. The van der Waals surface area contributed by atoms with Crippen LogP contribution in [-0.2, 0) is 4.79 Å². The normalized spacial score (nSPS) is 29.4. The molecule has 0 aromatic carbocycles. The summed E-state index contributed by atoms with van der Waals surface area (Å²) >= 11 is 0. The predicted octanol–water partition coefficient (Wildman–Crippen LogP) is -0.693. The largest absolute Gasteiger partial charge is 0.370 e. The first-order chi connectivity index (χ1) is 7.08. The molecule has 0 saturated carbocycles. The van der Waals surface area contributed by atoms with E-state index in [1.165, 1.54) is 0 Å². The van der Waals surface area contributed by atoms with Gasteiger partial charge in [-0.1, -0.05) is 13.8 Å². The Bertz CT molecular complexity index is 382. The smallest absolute Gasteiger partial charge is 0.255 e. The highest BCUT2D eigenvalue weighted by molar-refractivity contribution is 6.32. The molecule has 2 atom stereocenters. The van der Waals surface area contributed by atoms with Crippen molar-refractivity contribution in [1.29, 1.82) is 0 Å². The number of carbonyl (C=O) groups excluding carboxylic acids is 1. The van der Waals surface area contributed by atoms with Crippen molar-refractivity contribution in [3.05, 3.63) is 0 Å². The Morgan fingerprint density at radius 1 is 1.47 bits per heavy atom. The second-order valence-corrected chi connectivity index (χ2v) is 3.85. The molecule has 6 heteroatoms. The third-order valence-corrected chi connectivity index (χ3v) is 2.31. The molecular formula is C9H13N5O. The van der Waals surface area contributed by atoms with Crippen molar-refractivity contribution in [2.75, 3.05) is 0 Å². The fraction of sp³-hybridized carbons (Fsp3) is 0.556. The molecule has 0 aromatic rings. The van der Waals surface area contributed by atoms with Gasteiger partial charge in [0.2, 0.25) is 0 Å². The Balaban J connectivity index is 2.30. The number of nitrogens with one attached hydrogen (secondary N) is 1. The van der Waals surface area contributed by atoms with Crippen molar-refractivity contribution in [2.45, 2.75) is 26.1 Å². The SMILES string of the molecule is CC(C)C1=NC2C(=O)NC(N)=NC2N=C1. The molecule has 0 fully saturated rings. The molecule has 0 aliphatic carbocycles. The topological polar surface area (TPSA) is 92.2 Å².